The van der Waals surface area contributed by atoms with E-state index in [2.05, 4.69) is 9.98 Å². The zero-order valence-electron chi connectivity index (χ0n) is 12.1. The normalized spacial score (nSPS) is 14.9. The number of para-hydroxylation sites is 1. The first-order valence-corrected chi connectivity index (χ1v) is 6.81. The van der Waals surface area contributed by atoms with E-state index in [1.54, 1.807) is 17.8 Å². The van der Waals surface area contributed by atoms with Crippen molar-refractivity contribution in [3.63, 3.8) is 0 Å². The lowest BCUT2D eigenvalue weighted by atomic mass is 10.2. The third-order valence-electron chi connectivity index (χ3n) is 3.45. The molecule has 0 fully saturated rings. The monoisotopic (exact) mass is 283 g/mol. The molecule has 0 radical (unpaired) electrons. The van der Waals surface area contributed by atoms with Crippen LogP contribution in [-0.2, 0) is 11.3 Å². The van der Waals surface area contributed by atoms with Gasteiger partial charge in [-0.3, -0.25) is 4.57 Å². The summed E-state index contributed by atoms with van der Waals surface area (Å²) in [5, 5.41) is 12.3. The van der Waals surface area contributed by atoms with Gasteiger partial charge in [-0.25, -0.2) is 9.98 Å². The lowest BCUT2D eigenvalue weighted by molar-refractivity contribution is 0.183. The number of benzene rings is 1. The number of rotatable bonds is 4. The van der Waals surface area contributed by atoms with Crippen LogP contribution in [0.3, 0.4) is 0 Å². The lowest BCUT2D eigenvalue weighted by Gasteiger charge is -2.04. The lowest BCUT2D eigenvalue weighted by Crippen LogP contribution is -2.19. The van der Waals surface area contributed by atoms with E-state index in [0.717, 1.165) is 22.1 Å². The molecule has 0 saturated heterocycles. The molecule has 0 bridgehead atoms. The Kier molecular flexibility index (Phi) is 3.58. The zero-order chi connectivity index (χ0) is 14.8. The SMILES string of the molecule is COCCn1c(C)nc(C=C2C=c3ccccc3=N2)c1O. The van der Waals surface area contributed by atoms with Crippen LogP contribution in [0.2, 0.25) is 0 Å². The maximum atomic E-state index is 10.3. The standard InChI is InChI=1S/C16H17N3O2/c1-11-17-15(16(20)19(11)7-8-21-2)10-13-9-12-5-3-4-6-14(12)18-13/h3-6,9-10,20H,7-8H2,1-2H3. The van der Waals surface area contributed by atoms with Gasteiger partial charge >= 0.3 is 0 Å². The highest BCUT2D eigenvalue weighted by atomic mass is 16.5. The Morgan fingerprint density at radius 3 is 2.90 bits per heavy atom. The summed E-state index contributed by atoms with van der Waals surface area (Å²) in [5.74, 6) is 0.906. The largest absolute Gasteiger partial charge is 0.493 e. The number of allylic oxidation sites excluding steroid dienone is 1. The Bertz CT molecular complexity index is 782. The first kappa shape index (κ1) is 13.6. The van der Waals surface area contributed by atoms with Crippen LogP contribution < -0.4 is 10.6 Å². The fourth-order valence-corrected chi connectivity index (χ4v) is 2.38. The number of fused-ring (bicyclic) bond motifs is 1. The van der Waals surface area contributed by atoms with E-state index in [1.165, 1.54) is 0 Å². The summed E-state index contributed by atoms with van der Waals surface area (Å²) in [7, 11) is 1.63. The van der Waals surface area contributed by atoms with Gasteiger partial charge in [0.2, 0.25) is 5.88 Å². The van der Waals surface area contributed by atoms with Crippen molar-refractivity contribution in [3.05, 3.63) is 52.1 Å². The van der Waals surface area contributed by atoms with Gasteiger partial charge in [0.25, 0.3) is 0 Å². The van der Waals surface area contributed by atoms with Crippen molar-refractivity contribution in [1.82, 2.24) is 9.55 Å². The first-order valence-electron chi connectivity index (χ1n) is 6.81. The van der Waals surface area contributed by atoms with Crippen molar-refractivity contribution in [2.45, 2.75) is 13.5 Å². The highest BCUT2D eigenvalue weighted by Crippen LogP contribution is 2.22. The number of hydrogen-bond acceptors (Lipinski definition) is 4. The molecule has 0 unspecified atom stereocenters. The Morgan fingerprint density at radius 2 is 2.14 bits per heavy atom. The van der Waals surface area contributed by atoms with Gasteiger partial charge in [0.05, 0.1) is 24.2 Å². The highest BCUT2D eigenvalue weighted by molar-refractivity contribution is 5.66. The fraction of sp³-hybridized carbons (Fsp3) is 0.250. The van der Waals surface area contributed by atoms with E-state index >= 15 is 0 Å². The molecule has 1 aromatic heterocycles. The summed E-state index contributed by atoms with van der Waals surface area (Å²) in [5.41, 5.74) is 1.33. The predicted octanol–water partition coefficient (Wildman–Crippen LogP) is 0.998. The third kappa shape index (κ3) is 2.60. The summed E-state index contributed by atoms with van der Waals surface area (Å²) in [6.07, 6.45) is 3.78. The molecule has 0 amide bonds. The summed E-state index contributed by atoms with van der Waals surface area (Å²) >= 11 is 0. The maximum Gasteiger partial charge on any atom is 0.219 e. The first-order chi connectivity index (χ1) is 10.2. The van der Waals surface area contributed by atoms with Gasteiger partial charge < -0.3 is 9.84 Å². The second kappa shape index (κ2) is 5.54. The Labute approximate surface area is 122 Å². The molecule has 5 heteroatoms. The minimum absolute atomic E-state index is 0.150. The van der Waals surface area contributed by atoms with Crippen molar-refractivity contribution >= 4 is 12.2 Å². The summed E-state index contributed by atoms with van der Waals surface area (Å²) in [4.78, 5) is 8.90. The predicted molar refractivity (Wildman–Crippen MR) is 80.2 cm³/mol. The number of aryl methyl sites for hydroxylation is 1. The highest BCUT2D eigenvalue weighted by Gasteiger charge is 2.12. The molecule has 1 aromatic carbocycles. The minimum Gasteiger partial charge on any atom is -0.493 e. The van der Waals surface area contributed by atoms with Gasteiger partial charge in [-0.05, 0) is 25.1 Å². The zero-order valence-corrected chi connectivity index (χ0v) is 12.1. The molecule has 21 heavy (non-hydrogen) atoms. The average molecular weight is 283 g/mol. The third-order valence-corrected chi connectivity index (χ3v) is 3.45. The number of aromatic hydroxyl groups is 1. The van der Waals surface area contributed by atoms with Crippen LogP contribution in [0.25, 0.3) is 12.2 Å². The molecule has 2 heterocycles. The molecule has 1 aliphatic heterocycles. The van der Waals surface area contributed by atoms with Crippen LogP contribution in [0, 0.1) is 6.92 Å². The van der Waals surface area contributed by atoms with E-state index < -0.39 is 0 Å². The number of aromatic nitrogens is 2. The van der Waals surface area contributed by atoms with E-state index in [-0.39, 0.29) is 5.88 Å². The van der Waals surface area contributed by atoms with Crippen LogP contribution in [0.5, 0.6) is 5.88 Å². The van der Waals surface area contributed by atoms with Crippen molar-refractivity contribution in [3.8, 4) is 5.88 Å². The molecule has 3 rings (SSSR count). The van der Waals surface area contributed by atoms with E-state index in [1.807, 2.05) is 37.3 Å². The molecule has 0 atom stereocenters. The quantitative estimate of drug-likeness (QED) is 0.910. The smallest absolute Gasteiger partial charge is 0.219 e. The van der Waals surface area contributed by atoms with Crippen LogP contribution in [0.1, 0.15) is 11.5 Å². The number of methoxy groups -OCH3 is 1. The fourth-order valence-electron chi connectivity index (χ4n) is 2.38. The van der Waals surface area contributed by atoms with Gasteiger partial charge in [-0.15, -0.1) is 0 Å². The molecule has 1 aliphatic rings. The number of hydrogen-bond donors (Lipinski definition) is 1. The van der Waals surface area contributed by atoms with Crippen LogP contribution in [0.4, 0.5) is 0 Å². The molecule has 0 saturated carbocycles. The van der Waals surface area contributed by atoms with Crippen molar-refractivity contribution in [2.75, 3.05) is 13.7 Å². The maximum absolute atomic E-state index is 10.3. The number of nitrogens with zero attached hydrogens (tertiary/aromatic N) is 3. The molecular weight excluding hydrogens is 266 g/mol. The Balaban J connectivity index is 1.96. The van der Waals surface area contributed by atoms with Gasteiger partial charge in [0, 0.05) is 12.3 Å². The topological polar surface area (TPSA) is 59.6 Å². The van der Waals surface area contributed by atoms with Crippen molar-refractivity contribution < 1.29 is 9.84 Å². The van der Waals surface area contributed by atoms with Gasteiger partial charge in [0.1, 0.15) is 11.5 Å². The summed E-state index contributed by atoms with van der Waals surface area (Å²) < 4.78 is 6.78. The van der Waals surface area contributed by atoms with Gasteiger partial charge in [-0.2, -0.15) is 0 Å². The molecule has 0 aliphatic carbocycles. The van der Waals surface area contributed by atoms with E-state index in [4.69, 9.17) is 4.74 Å². The van der Waals surface area contributed by atoms with Crippen LogP contribution in [0.15, 0.2) is 35.0 Å². The minimum atomic E-state index is 0.150. The molecule has 108 valence electrons. The summed E-state index contributed by atoms with van der Waals surface area (Å²) in [6.45, 7) is 2.97. The molecule has 2 aromatic rings. The van der Waals surface area contributed by atoms with Crippen LogP contribution in [-0.4, -0.2) is 28.4 Å². The summed E-state index contributed by atoms with van der Waals surface area (Å²) in [6, 6.07) is 7.92. The van der Waals surface area contributed by atoms with Crippen molar-refractivity contribution in [2.24, 2.45) is 4.99 Å². The molecule has 5 nitrogen and oxygen atoms in total. The number of imidazole rings is 1. The Morgan fingerprint density at radius 1 is 1.33 bits per heavy atom. The van der Waals surface area contributed by atoms with Crippen LogP contribution >= 0.6 is 0 Å². The van der Waals surface area contributed by atoms with Gasteiger partial charge in [0.15, 0.2) is 0 Å². The average Bonchev–Trinajstić information content (AvgIpc) is 2.99. The second-order valence-electron chi connectivity index (χ2n) is 4.90. The Hall–Kier alpha value is -2.40. The van der Waals surface area contributed by atoms with E-state index in [0.29, 0.717) is 18.8 Å². The molecular formula is C16H17N3O2. The van der Waals surface area contributed by atoms with E-state index in [9.17, 15) is 5.11 Å². The molecule has 0 spiro atoms. The number of ether oxygens (including phenoxy) is 1. The van der Waals surface area contributed by atoms with Gasteiger partial charge in [-0.1, -0.05) is 18.2 Å². The molecule has 1 N–H and O–H groups in total. The van der Waals surface area contributed by atoms with Crippen molar-refractivity contribution in [1.29, 1.82) is 0 Å². The second-order valence-corrected chi connectivity index (χ2v) is 4.90.